The summed E-state index contributed by atoms with van der Waals surface area (Å²) in [7, 11) is 0. The monoisotopic (exact) mass is 398 g/mol. The van der Waals surface area contributed by atoms with Gasteiger partial charge in [0.15, 0.2) is 0 Å². The van der Waals surface area contributed by atoms with E-state index in [2.05, 4.69) is 0 Å². The molecule has 1 aliphatic heterocycles. The lowest BCUT2D eigenvalue weighted by molar-refractivity contribution is -0.169. The Bertz CT molecular complexity index is 753. The van der Waals surface area contributed by atoms with Gasteiger partial charge in [-0.2, -0.15) is 5.12 Å². The number of ether oxygens (including phenoxy) is 1. The molecule has 1 aromatic rings. The maximum atomic E-state index is 14.5. The average Bonchev–Trinajstić information content (AvgIpc) is 3.19. The van der Waals surface area contributed by atoms with Gasteiger partial charge in [-0.05, 0) is 57.2 Å². The Morgan fingerprint density at radius 1 is 1.44 bits per heavy atom. The van der Waals surface area contributed by atoms with E-state index in [1.54, 1.807) is 45.0 Å². The second-order valence-electron chi connectivity index (χ2n) is 8.18. The van der Waals surface area contributed by atoms with Gasteiger partial charge in [-0.15, -0.1) is 0 Å². The van der Waals surface area contributed by atoms with Crippen molar-refractivity contribution in [2.75, 3.05) is 6.73 Å². The molecule has 1 saturated heterocycles. The summed E-state index contributed by atoms with van der Waals surface area (Å²) in [6.07, 6.45) is 0.821. The highest BCUT2D eigenvalue weighted by Crippen LogP contribution is 2.59. The number of aliphatic hydroxyl groups is 1. The topological polar surface area (TPSA) is 70.1 Å². The summed E-state index contributed by atoms with van der Waals surface area (Å²) in [4.78, 5) is 26.7. The largest absolute Gasteiger partial charge is 0.459 e. The summed E-state index contributed by atoms with van der Waals surface area (Å²) < 4.78 is 20.0. The molecule has 0 spiro atoms. The van der Waals surface area contributed by atoms with Crippen molar-refractivity contribution in [2.24, 2.45) is 5.92 Å². The molecule has 0 bridgehead atoms. The molecule has 8 heteroatoms. The van der Waals surface area contributed by atoms with E-state index in [4.69, 9.17) is 16.3 Å². The van der Waals surface area contributed by atoms with Crippen LogP contribution in [0.5, 0.6) is 0 Å². The SMILES string of the molecule is CC(C)(C)OC(=O)[C@@]12C[C@@H]1C[C@@H](C(=O)N(F)Cc1cccc(Cl)c1)N2CO. The molecular weight excluding hydrogens is 375 g/mol. The maximum Gasteiger partial charge on any atom is 0.327 e. The third-order valence-electron chi connectivity index (χ3n) is 5.11. The van der Waals surface area contributed by atoms with Gasteiger partial charge in [0.05, 0.1) is 19.3 Å². The molecule has 3 rings (SSSR count). The number of nitrogens with zero attached hydrogens (tertiary/aromatic N) is 2. The van der Waals surface area contributed by atoms with E-state index in [0.717, 1.165) is 0 Å². The molecule has 1 aromatic carbocycles. The third-order valence-corrected chi connectivity index (χ3v) is 5.34. The van der Waals surface area contributed by atoms with Crippen LogP contribution in [0, 0.1) is 5.92 Å². The predicted octanol–water partition coefficient (Wildman–Crippen LogP) is 2.68. The predicted molar refractivity (Wildman–Crippen MR) is 97.1 cm³/mol. The summed E-state index contributed by atoms with van der Waals surface area (Å²) >= 11 is 5.89. The fraction of sp³-hybridized carbons (Fsp3) is 0.579. The number of carbonyl (C=O) groups excluding carboxylic acids is 2. The number of amides is 1. The van der Waals surface area contributed by atoms with Crippen LogP contribution < -0.4 is 0 Å². The van der Waals surface area contributed by atoms with Crippen molar-refractivity contribution in [2.45, 2.75) is 57.3 Å². The molecule has 148 valence electrons. The molecular formula is C19H24ClFN2O4. The summed E-state index contributed by atoms with van der Waals surface area (Å²) in [6.45, 7) is 4.51. The van der Waals surface area contributed by atoms with Crippen molar-refractivity contribution in [1.29, 1.82) is 0 Å². The number of likely N-dealkylation sites (tertiary alicyclic amines) is 1. The zero-order valence-electron chi connectivity index (χ0n) is 15.6. The Labute approximate surface area is 162 Å². The van der Waals surface area contributed by atoms with Crippen molar-refractivity contribution in [3.63, 3.8) is 0 Å². The van der Waals surface area contributed by atoms with Gasteiger partial charge in [-0.25, -0.2) is 0 Å². The highest BCUT2D eigenvalue weighted by atomic mass is 35.5. The fourth-order valence-corrected chi connectivity index (χ4v) is 4.06. The number of piperidine rings is 1. The Hall–Kier alpha value is -1.70. The molecule has 27 heavy (non-hydrogen) atoms. The van der Waals surface area contributed by atoms with Gasteiger partial charge in [-0.1, -0.05) is 28.2 Å². The van der Waals surface area contributed by atoms with Gasteiger partial charge in [0.2, 0.25) is 0 Å². The van der Waals surface area contributed by atoms with Crippen LogP contribution in [0.15, 0.2) is 24.3 Å². The average molecular weight is 399 g/mol. The van der Waals surface area contributed by atoms with Gasteiger partial charge in [0.1, 0.15) is 11.1 Å². The van der Waals surface area contributed by atoms with E-state index < -0.39 is 35.8 Å². The molecule has 1 saturated carbocycles. The van der Waals surface area contributed by atoms with E-state index in [-0.39, 0.29) is 17.6 Å². The van der Waals surface area contributed by atoms with E-state index in [9.17, 15) is 19.2 Å². The first-order valence-corrected chi connectivity index (χ1v) is 9.29. The van der Waals surface area contributed by atoms with Crippen LogP contribution in [0.3, 0.4) is 0 Å². The summed E-state index contributed by atoms with van der Waals surface area (Å²) in [6, 6.07) is 5.70. The lowest BCUT2D eigenvalue weighted by Gasteiger charge is -2.32. The minimum atomic E-state index is -1.03. The van der Waals surface area contributed by atoms with Crippen LogP contribution in [0.2, 0.25) is 5.02 Å². The Balaban J connectivity index is 1.72. The third kappa shape index (κ3) is 3.81. The minimum absolute atomic E-state index is 0.118. The summed E-state index contributed by atoms with van der Waals surface area (Å²) in [5.41, 5.74) is -1.15. The number of hydrogen-bond acceptors (Lipinski definition) is 5. The second-order valence-corrected chi connectivity index (χ2v) is 8.61. The van der Waals surface area contributed by atoms with Crippen LogP contribution >= 0.6 is 11.6 Å². The number of aliphatic hydroxyl groups excluding tert-OH is 1. The van der Waals surface area contributed by atoms with Crippen LogP contribution in [-0.2, 0) is 20.9 Å². The molecule has 2 fully saturated rings. The van der Waals surface area contributed by atoms with Gasteiger partial charge in [-0.3, -0.25) is 14.5 Å². The molecule has 0 radical (unpaired) electrons. The first-order valence-electron chi connectivity index (χ1n) is 8.91. The molecule has 1 aliphatic carbocycles. The van der Waals surface area contributed by atoms with Gasteiger partial charge < -0.3 is 9.84 Å². The molecule has 6 nitrogen and oxygen atoms in total. The van der Waals surface area contributed by atoms with Crippen molar-refractivity contribution in [1.82, 2.24) is 10.0 Å². The maximum absolute atomic E-state index is 14.5. The smallest absolute Gasteiger partial charge is 0.327 e. The zero-order valence-corrected chi connectivity index (χ0v) is 16.4. The standard InChI is InChI=1S/C19H24ClFN2O4/c1-18(2,3)27-17(26)19-9-13(19)8-15(22(19)11-24)16(25)23(21)10-12-5-4-6-14(20)7-12/h4-7,13,15,24H,8-11H2,1-3H3/t13-,15-,19+/m0/s1. The Morgan fingerprint density at radius 2 is 2.15 bits per heavy atom. The Kier molecular flexibility index (Phi) is 5.22. The highest BCUT2D eigenvalue weighted by Gasteiger charge is 2.72. The van der Waals surface area contributed by atoms with Crippen molar-refractivity contribution >= 4 is 23.5 Å². The lowest BCUT2D eigenvalue weighted by atomic mass is 10.1. The summed E-state index contributed by atoms with van der Waals surface area (Å²) in [5.74, 6) is -1.36. The van der Waals surface area contributed by atoms with Crippen LogP contribution in [0.1, 0.15) is 39.2 Å². The molecule has 3 atom stereocenters. The molecule has 1 heterocycles. The Morgan fingerprint density at radius 3 is 2.74 bits per heavy atom. The molecule has 1 amide bonds. The number of carbonyl (C=O) groups is 2. The molecule has 2 aliphatic rings. The van der Waals surface area contributed by atoms with Gasteiger partial charge >= 0.3 is 5.97 Å². The number of hydrogen-bond donors (Lipinski definition) is 1. The van der Waals surface area contributed by atoms with Crippen LogP contribution in [0.4, 0.5) is 4.48 Å². The number of fused-ring (bicyclic) bond motifs is 1. The molecule has 1 N–H and O–H groups in total. The zero-order chi connectivity index (χ0) is 20.0. The quantitative estimate of drug-likeness (QED) is 0.610. The van der Waals surface area contributed by atoms with E-state index in [1.165, 1.54) is 4.90 Å². The molecule has 0 aromatic heterocycles. The summed E-state index contributed by atoms with van der Waals surface area (Å²) in [5, 5.41) is 10.4. The number of benzene rings is 1. The molecule has 0 unspecified atom stereocenters. The number of rotatable bonds is 5. The van der Waals surface area contributed by atoms with Crippen molar-refractivity contribution in [3.8, 4) is 0 Å². The minimum Gasteiger partial charge on any atom is -0.459 e. The number of esters is 1. The van der Waals surface area contributed by atoms with Crippen molar-refractivity contribution in [3.05, 3.63) is 34.9 Å². The fourth-order valence-electron chi connectivity index (χ4n) is 3.85. The second kappa shape index (κ2) is 7.04. The van der Waals surface area contributed by atoms with Gasteiger partial charge in [0.25, 0.3) is 5.91 Å². The lowest BCUT2D eigenvalue weighted by Crippen LogP contribution is -2.53. The van der Waals surface area contributed by atoms with Gasteiger partial charge in [0, 0.05) is 5.02 Å². The van der Waals surface area contributed by atoms with E-state index in [0.29, 0.717) is 23.4 Å². The van der Waals surface area contributed by atoms with E-state index >= 15 is 0 Å². The van der Waals surface area contributed by atoms with Crippen LogP contribution in [0.25, 0.3) is 0 Å². The first-order chi connectivity index (χ1) is 12.6. The normalized spacial score (nSPS) is 27.2. The van der Waals surface area contributed by atoms with Crippen LogP contribution in [-0.4, -0.2) is 50.9 Å². The highest BCUT2D eigenvalue weighted by molar-refractivity contribution is 6.30. The number of halogens is 2. The first kappa shape index (κ1) is 20.0. The van der Waals surface area contributed by atoms with Crippen molar-refractivity contribution < 1.29 is 23.9 Å². The van der Waals surface area contributed by atoms with E-state index in [1.807, 2.05) is 0 Å².